The minimum atomic E-state index is -0.362. The zero-order valence-corrected chi connectivity index (χ0v) is 15.4. The Bertz CT molecular complexity index is 1230. The van der Waals surface area contributed by atoms with Crippen LogP contribution in [0.1, 0.15) is 0 Å². The molecule has 1 N–H and O–H groups in total. The van der Waals surface area contributed by atoms with E-state index in [0.29, 0.717) is 27.5 Å². The molecule has 0 saturated heterocycles. The lowest BCUT2D eigenvalue weighted by Gasteiger charge is -2.11. The predicted molar refractivity (Wildman–Crippen MR) is 106 cm³/mol. The first kappa shape index (κ1) is 17.9. The first-order chi connectivity index (χ1) is 13.5. The van der Waals surface area contributed by atoms with E-state index < -0.39 is 0 Å². The Morgan fingerprint density at radius 3 is 2.61 bits per heavy atom. The van der Waals surface area contributed by atoms with Crippen LogP contribution < -0.4 is 15.6 Å². The summed E-state index contributed by atoms with van der Waals surface area (Å²) in [6.45, 7) is 0. The number of para-hydroxylation sites is 1. The summed E-state index contributed by atoms with van der Waals surface area (Å²) < 4.78 is 20.1. The Hall–Kier alpha value is -3.45. The average Bonchev–Trinajstić information content (AvgIpc) is 2.70. The SMILES string of the molecule is Cn1c(=O)c(Oc2ccccc2Cl)cc2cnc(Nc3ccc(F)cc3)nc21. The molecular formula is C20H14ClFN4O2. The van der Waals surface area contributed by atoms with Crippen molar-refractivity contribution >= 4 is 34.3 Å². The van der Waals surface area contributed by atoms with Crippen molar-refractivity contribution in [3.05, 3.63) is 82.0 Å². The highest BCUT2D eigenvalue weighted by molar-refractivity contribution is 6.32. The van der Waals surface area contributed by atoms with Gasteiger partial charge in [-0.15, -0.1) is 0 Å². The second-order valence-electron chi connectivity index (χ2n) is 6.01. The number of nitrogens with zero attached hydrogens (tertiary/aromatic N) is 3. The smallest absolute Gasteiger partial charge is 0.294 e. The van der Waals surface area contributed by atoms with Gasteiger partial charge in [0.15, 0.2) is 5.75 Å². The summed E-state index contributed by atoms with van der Waals surface area (Å²) in [5.74, 6) is 0.453. The van der Waals surface area contributed by atoms with Crippen molar-refractivity contribution in [2.45, 2.75) is 0 Å². The van der Waals surface area contributed by atoms with Crippen LogP contribution in [0.15, 0.2) is 65.6 Å². The quantitative estimate of drug-likeness (QED) is 0.543. The maximum Gasteiger partial charge on any atom is 0.294 e. The fourth-order valence-electron chi connectivity index (χ4n) is 2.66. The van der Waals surface area contributed by atoms with E-state index in [4.69, 9.17) is 16.3 Å². The van der Waals surface area contributed by atoms with Gasteiger partial charge < -0.3 is 10.1 Å². The number of anilines is 2. The topological polar surface area (TPSA) is 69.0 Å². The van der Waals surface area contributed by atoms with E-state index in [1.807, 2.05) is 0 Å². The summed E-state index contributed by atoms with van der Waals surface area (Å²) >= 11 is 6.10. The minimum Gasteiger partial charge on any atom is -0.450 e. The molecular weight excluding hydrogens is 383 g/mol. The molecule has 28 heavy (non-hydrogen) atoms. The number of hydrogen-bond acceptors (Lipinski definition) is 5. The lowest BCUT2D eigenvalue weighted by molar-refractivity contribution is 0.472. The third kappa shape index (κ3) is 3.52. The van der Waals surface area contributed by atoms with Crippen LogP contribution >= 0.6 is 11.6 Å². The highest BCUT2D eigenvalue weighted by Gasteiger charge is 2.12. The van der Waals surface area contributed by atoms with E-state index in [9.17, 15) is 9.18 Å². The van der Waals surface area contributed by atoms with Crippen LogP contribution in [-0.2, 0) is 7.05 Å². The molecule has 0 bridgehead atoms. The number of aryl methyl sites for hydroxylation is 1. The number of pyridine rings is 1. The fourth-order valence-corrected chi connectivity index (χ4v) is 2.83. The van der Waals surface area contributed by atoms with Crippen LogP contribution in [0.2, 0.25) is 5.02 Å². The molecule has 0 saturated carbocycles. The second-order valence-corrected chi connectivity index (χ2v) is 6.42. The van der Waals surface area contributed by atoms with E-state index in [0.717, 1.165) is 0 Å². The van der Waals surface area contributed by atoms with Gasteiger partial charge in [-0.1, -0.05) is 23.7 Å². The first-order valence-corrected chi connectivity index (χ1v) is 8.71. The van der Waals surface area contributed by atoms with Gasteiger partial charge in [0.1, 0.15) is 17.2 Å². The van der Waals surface area contributed by atoms with E-state index in [1.165, 1.54) is 16.7 Å². The zero-order valence-electron chi connectivity index (χ0n) is 14.7. The van der Waals surface area contributed by atoms with E-state index in [1.54, 1.807) is 55.7 Å². The summed E-state index contributed by atoms with van der Waals surface area (Å²) in [6.07, 6.45) is 1.58. The Labute approximate surface area is 164 Å². The van der Waals surface area contributed by atoms with Gasteiger partial charge in [0.05, 0.1) is 5.02 Å². The summed E-state index contributed by atoms with van der Waals surface area (Å²) in [7, 11) is 1.60. The molecule has 2 heterocycles. The second kappa shape index (κ2) is 7.28. The maximum atomic E-state index is 13.0. The molecule has 4 aromatic rings. The van der Waals surface area contributed by atoms with Crippen LogP contribution in [0.3, 0.4) is 0 Å². The van der Waals surface area contributed by atoms with Crippen molar-refractivity contribution < 1.29 is 9.13 Å². The highest BCUT2D eigenvalue weighted by atomic mass is 35.5. The largest absolute Gasteiger partial charge is 0.450 e. The lowest BCUT2D eigenvalue weighted by atomic mass is 10.3. The van der Waals surface area contributed by atoms with Gasteiger partial charge in [-0.2, -0.15) is 4.98 Å². The molecule has 2 aromatic carbocycles. The van der Waals surface area contributed by atoms with Crippen molar-refractivity contribution in [1.29, 1.82) is 0 Å². The van der Waals surface area contributed by atoms with Crippen LogP contribution in [-0.4, -0.2) is 14.5 Å². The van der Waals surface area contributed by atoms with Gasteiger partial charge in [-0.3, -0.25) is 9.36 Å². The third-order valence-corrected chi connectivity index (χ3v) is 4.38. The van der Waals surface area contributed by atoms with Crippen molar-refractivity contribution in [2.75, 3.05) is 5.32 Å². The molecule has 6 nitrogen and oxygen atoms in total. The average molecular weight is 397 g/mol. The number of hydrogen-bond donors (Lipinski definition) is 1. The van der Waals surface area contributed by atoms with Gasteiger partial charge in [0, 0.05) is 24.3 Å². The normalized spacial score (nSPS) is 10.8. The molecule has 2 aromatic heterocycles. The molecule has 8 heteroatoms. The van der Waals surface area contributed by atoms with Crippen molar-refractivity contribution in [1.82, 2.24) is 14.5 Å². The fraction of sp³-hybridized carbons (Fsp3) is 0.0500. The highest BCUT2D eigenvalue weighted by Crippen LogP contribution is 2.28. The van der Waals surface area contributed by atoms with Crippen molar-refractivity contribution in [3.8, 4) is 11.5 Å². The molecule has 0 aliphatic rings. The molecule has 4 rings (SSSR count). The standard InChI is InChI=1S/C20H14ClFN4O2/c1-26-18-12(10-17(19(26)27)28-16-5-3-2-4-15(16)21)11-23-20(25-18)24-14-8-6-13(22)7-9-14/h2-11H,1H3,(H,23,24,25). The number of fused-ring (bicyclic) bond motifs is 1. The van der Waals surface area contributed by atoms with Crippen LogP contribution in [0.25, 0.3) is 11.0 Å². The summed E-state index contributed by atoms with van der Waals surface area (Å²) in [5.41, 5.74) is 0.694. The van der Waals surface area contributed by atoms with Gasteiger partial charge in [-0.25, -0.2) is 9.37 Å². The first-order valence-electron chi connectivity index (χ1n) is 8.33. The minimum absolute atomic E-state index is 0.117. The van der Waals surface area contributed by atoms with Gasteiger partial charge >= 0.3 is 0 Å². The Balaban J connectivity index is 1.71. The zero-order chi connectivity index (χ0) is 19.7. The molecule has 0 atom stereocenters. The molecule has 0 radical (unpaired) electrons. The molecule has 0 aliphatic carbocycles. The Kier molecular flexibility index (Phi) is 4.67. The van der Waals surface area contributed by atoms with E-state index >= 15 is 0 Å². The number of ether oxygens (including phenoxy) is 1. The van der Waals surface area contributed by atoms with Gasteiger partial charge in [0.2, 0.25) is 5.95 Å². The molecule has 140 valence electrons. The van der Waals surface area contributed by atoms with E-state index in [2.05, 4.69) is 15.3 Å². The van der Waals surface area contributed by atoms with Gasteiger partial charge in [-0.05, 0) is 42.5 Å². The van der Waals surface area contributed by atoms with Crippen LogP contribution in [0, 0.1) is 5.82 Å². The number of benzene rings is 2. The lowest BCUT2D eigenvalue weighted by Crippen LogP contribution is -2.19. The summed E-state index contributed by atoms with van der Waals surface area (Å²) in [5, 5.41) is 4.00. The molecule has 0 aliphatic heterocycles. The Morgan fingerprint density at radius 2 is 1.86 bits per heavy atom. The molecule has 0 unspecified atom stereocenters. The number of halogens is 2. The van der Waals surface area contributed by atoms with E-state index in [-0.39, 0.29) is 23.1 Å². The van der Waals surface area contributed by atoms with Crippen molar-refractivity contribution in [2.24, 2.45) is 7.05 Å². The van der Waals surface area contributed by atoms with Crippen molar-refractivity contribution in [3.63, 3.8) is 0 Å². The molecule has 0 spiro atoms. The Morgan fingerprint density at radius 1 is 1.11 bits per heavy atom. The number of nitrogens with one attached hydrogen (secondary N) is 1. The van der Waals surface area contributed by atoms with Crippen LogP contribution in [0.5, 0.6) is 11.5 Å². The summed E-state index contributed by atoms with van der Waals surface area (Å²) in [6, 6.07) is 14.3. The maximum absolute atomic E-state index is 13.0. The summed E-state index contributed by atoms with van der Waals surface area (Å²) in [4.78, 5) is 21.3. The number of rotatable bonds is 4. The monoisotopic (exact) mass is 396 g/mol. The number of aromatic nitrogens is 3. The van der Waals surface area contributed by atoms with Gasteiger partial charge in [0.25, 0.3) is 5.56 Å². The third-order valence-electron chi connectivity index (χ3n) is 4.07. The van der Waals surface area contributed by atoms with Crippen LogP contribution in [0.4, 0.5) is 16.0 Å². The molecule has 0 amide bonds. The molecule has 0 fully saturated rings. The predicted octanol–water partition coefficient (Wildman–Crippen LogP) is 4.66.